The van der Waals surface area contributed by atoms with Crippen molar-refractivity contribution in [2.75, 3.05) is 32.8 Å². The van der Waals surface area contributed by atoms with E-state index in [4.69, 9.17) is 9.47 Å². The van der Waals surface area contributed by atoms with E-state index in [1.54, 1.807) is 6.07 Å². The number of nitrogens with zero attached hydrogens (tertiary/aromatic N) is 1. The van der Waals surface area contributed by atoms with Gasteiger partial charge >= 0.3 is 0 Å². The van der Waals surface area contributed by atoms with Crippen LogP contribution >= 0.6 is 0 Å². The number of amides is 1. The first kappa shape index (κ1) is 19.9. The predicted octanol–water partition coefficient (Wildman–Crippen LogP) is 0.725. The zero-order valence-corrected chi connectivity index (χ0v) is 16.5. The standard InChI is InChI=1S/C18H27N3O5S/c1-13-14(2)21(9-8-19-13)18(22)6-7-20-27(23,24)15-4-5-16-17(12-15)26-11-3-10-25-16/h4-5,12-14,19-20H,3,6-11H2,1-2H3. The fraction of sp³-hybridized carbons (Fsp3) is 0.611. The molecule has 150 valence electrons. The Balaban J connectivity index is 1.59. The number of carbonyl (C=O) groups is 1. The normalized spacial score (nSPS) is 23.0. The minimum atomic E-state index is -3.72. The molecule has 2 N–H and O–H groups in total. The van der Waals surface area contributed by atoms with E-state index >= 15 is 0 Å². The molecule has 27 heavy (non-hydrogen) atoms. The fourth-order valence-electron chi connectivity index (χ4n) is 3.24. The summed E-state index contributed by atoms with van der Waals surface area (Å²) < 4.78 is 38.6. The second kappa shape index (κ2) is 8.45. The van der Waals surface area contributed by atoms with Crippen LogP contribution in [0, 0.1) is 0 Å². The van der Waals surface area contributed by atoms with Gasteiger partial charge in [-0.15, -0.1) is 0 Å². The lowest BCUT2D eigenvalue weighted by molar-refractivity contribution is -0.134. The summed E-state index contributed by atoms with van der Waals surface area (Å²) in [6.07, 6.45) is 0.876. The number of benzene rings is 1. The van der Waals surface area contributed by atoms with Crippen molar-refractivity contribution in [3.8, 4) is 11.5 Å². The average molecular weight is 397 g/mol. The van der Waals surface area contributed by atoms with Crippen molar-refractivity contribution in [2.45, 2.75) is 43.7 Å². The van der Waals surface area contributed by atoms with E-state index in [-0.39, 0.29) is 35.9 Å². The van der Waals surface area contributed by atoms with Gasteiger partial charge in [-0.2, -0.15) is 0 Å². The third-order valence-electron chi connectivity index (χ3n) is 5.01. The predicted molar refractivity (Wildman–Crippen MR) is 100 cm³/mol. The van der Waals surface area contributed by atoms with Crippen LogP contribution in [0.4, 0.5) is 0 Å². The van der Waals surface area contributed by atoms with Crippen molar-refractivity contribution in [3.63, 3.8) is 0 Å². The highest BCUT2D eigenvalue weighted by molar-refractivity contribution is 7.89. The van der Waals surface area contributed by atoms with Gasteiger partial charge < -0.3 is 19.7 Å². The van der Waals surface area contributed by atoms with Crippen molar-refractivity contribution in [1.29, 1.82) is 0 Å². The molecule has 3 rings (SSSR count). The SMILES string of the molecule is CC1NCCN(C(=O)CCNS(=O)(=O)c2ccc3c(c2)OCCCO3)C1C. The average Bonchev–Trinajstić information content (AvgIpc) is 2.88. The van der Waals surface area contributed by atoms with Crippen molar-refractivity contribution in [3.05, 3.63) is 18.2 Å². The van der Waals surface area contributed by atoms with Gasteiger partial charge in [-0.25, -0.2) is 13.1 Å². The highest BCUT2D eigenvalue weighted by Gasteiger charge is 2.28. The van der Waals surface area contributed by atoms with E-state index in [1.165, 1.54) is 12.1 Å². The second-order valence-corrected chi connectivity index (χ2v) is 8.64. The molecule has 2 unspecified atom stereocenters. The molecule has 0 spiro atoms. The quantitative estimate of drug-likeness (QED) is 0.760. The molecule has 0 aromatic heterocycles. The van der Waals surface area contributed by atoms with E-state index < -0.39 is 10.0 Å². The summed E-state index contributed by atoms with van der Waals surface area (Å²) in [4.78, 5) is 14.3. The van der Waals surface area contributed by atoms with Crippen LogP contribution in [0.2, 0.25) is 0 Å². The van der Waals surface area contributed by atoms with E-state index in [1.807, 2.05) is 18.7 Å². The number of rotatable bonds is 5. The smallest absolute Gasteiger partial charge is 0.240 e. The van der Waals surface area contributed by atoms with Crippen LogP contribution in [0.1, 0.15) is 26.7 Å². The third-order valence-corrected chi connectivity index (χ3v) is 6.47. The number of ether oxygens (including phenoxy) is 2. The molecule has 9 heteroatoms. The molecule has 0 saturated carbocycles. The van der Waals surface area contributed by atoms with Crippen LogP contribution in [0.25, 0.3) is 0 Å². The minimum Gasteiger partial charge on any atom is -0.490 e. The molecule has 0 bridgehead atoms. The number of piperazine rings is 1. The van der Waals surface area contributed by atoms with Crippen molar-refractivity contribution < 1.29 is 22.7 Å². The molecule has 1 aromatic rings. The molecule has 2 heterocycles. The van der Waals surface area contributed by atoms with Crippen LogP contribution in [0.15, 0.2) is 23.1 Å². The molecule has 1 amide bonds. The Bertz CT molecular complexity index is 783. The number of hydrogen-bond donors (Lipinski definition) is 2. The Labute approximate surface area is 160 Å². The first-order valence-corrected chi connectivity index (χ1v) is 10.8. The number of nitrogens with one attached hydrogen (secondary N) is 2. The van der Waals surface area contributed by atoms with Crippen molar-refractivity contribution in [1.82, 2.24) is 14.9 Å². The van der Waals surface area contributed by atoms with Gasteiger partial charge in [0.05, 0.1) is 18.1 Å². The lowest BCUT2D eigenvalue weighted by atomic mass is 10.1. The van der Waals surface area contributed by atoms with Crippen molar-refractivity contribution >= 4 is 15.9 Å². The number of sulfonamides is 1. The van der Waals surface area contributed by atoms with Gasteiger partial charge in [0, 0.05) is 50.6 Å². The summed E-state index contributed by atoms with van der Waals surface area (Å²) in [5.41, 5.74) is 0. The summed E-state index contributed by atoms with van der Waals surface area (Å²) >= 11 is 0. The lowest BCUT2D eigenvalue weighted by Crippen LogP contribution is -2.57. The highest BCUT2D eigenvalue weighted by Crippen LogP contribution is 2.31. The molecule has 1 saturated heterocycles. The summed E-state index contributed by atoms with van der Waals surface area (Å²) in [5, 5.41) is 3.32. The summed E-state index contributed by atoms with van der Waals surface area (Å²) in [7, 11) is -3.72. The zero-order valence-electron chi connectivity index (χ0n) is 15.7. The molecule has 8 nitrogen and oxygen atoms in total. The summed E-state index contributed by atoms with van der Waals surface area (Å²) in [5.74, 6) is 0.927. The molecular formula is C18H27N3O5S. The van der Waals surface area contributed by atoms with Crippen molar-refractivity contribution in [2.24, 2.45) is 0 Å². The third kappa shape index (κ3) is 4.72. The summed E-state index contributed by atoms with van der Waals surface area (Å²) in [6, 6.07) is 4.86. The maximum Gasteiger partial charge on any atom is 0.240 e. The van der Waals surface area contributed by atoms with Crippen LogP contribution in [0.3, 0.4) is 0 Å². The number of fused-ring (bicyclic) bond motifs is 1. The number of carbonyl (C=O) groups excluding carboxylic acids is 1. The molecule has 1 fully saturated rings. The second-order valence-electron chi connectivity index (χ2n) is 6.88. The Hall–Kier alpha value is -1.84. The first-order chi connectivity index (χ1) is 12.9. The van der Waals surface area contributed by atoms with E-state index in [0.717, 1.165) is 13.0 Å². The fourth-order valence-corrected chi connectivity index (χ4v) is 4.29. The van der Waals surface area contributed by atoms with Crippen LogP contribution in [-0.4, -0.2) is 64.2 Å². The lowest BCUT2D eigenvalue weighted by Gasteiger charge is -2.38. The Morgan fingerprint density at radius 3 is 2.78 bits per heavy atom. The molecule has 1 aromatic carbocycles. The molecule has 2 aliphatic heterocycles. The van der Waals surface area contributed by atoms with Gasteiger partial charge in [-0.05, 0) is 26.0 Å². The van der Waals surface area contributed by atoms with Crippen LogP contribution in [-0.2, 0) is 14.8 Å². The van der Waals surface area contributed by atoms with Gasteiger partial charge in [-0.3, -0.25) is 4.79 Å². The summed E-state index contributed by atoms with van der Waals surface area (Å²) in [6.45, 7) is 6.51. The van der Waals surface area contributed by atoms with E-state index in [2.05, 4.69) is 10.0 Å². The van der Waals surface area contributed by atoms with E-state index in [0.29, 0.717) is 31.3 Å². The van der Waals surface area contributed by atoms with Gasteiger partial charge in [0.1, 0.15) is 0 Å². The van der Waals surface area contributed by atoms with Crippen LogP contribution in [0.5, 0.6) is 11.5 Å². The zero-order chi connectivity index (χ0) is 19.4. The Morgan fingerprint density at radius 1 is 1.26 bits per heavy atom. The van der Waals surface area contributed by atoms with Crippen LogP contribution < -0.4 is 19.5 Å². The monoisotopic (exact) mass is 397 g/mol. The maximum absolute atomic E-state index is 12.5. The van der Waals surface area contributed by atoms with Gasteiger partial charge in [0.2, 0.25) is 15.9 Å². The molecule has 2 aliphatic rings. The maximum atomic E-state index is 12.5. The largest absolute Gasteiger partial charge is 0.490 e. The topological polar surface area (TPSA) is 97.0 Å². The Kier molecular flexibility index (Phi) is 6.23. The highest BCUT2D eigenvalue weighted by atomic mass is 32.2. The molecular weight excluding hydrogens is 370 g/mol. The van der Waals surface area contributed by atoms with Gasteiger partial charge in [0.25, 0.3) is 0 Å². The molecule has 2 atom stereocenters. The van der Waals surface area contributed by atoms with Gasteiger partial charge in [0.15, 0.2) is 11.5 Å². The number of hydrogen-bond acceptors (Lipinski definition) is 6. The Morgan fingerprint density at radius 2 is 2.00 bits per heavy atom. The first-order valence-electron chi connectivity index (χ1n) is 9.30. The molecule has 0 aliphatic carbocycles. The molecule has 0 radical (unpaired) electrons. The minimum absolute atomic E-state index is 0.0442. The van der Waals surface area contributed by atoms with Gasteiger partial charge in [-0.1, -0.05) is 0 Å². The van der Waals surface area contributed by atoms with E-state index in [9.17, 15) is 13.2 Å².